The number of urea groups is 1. The number of nitrogens with one attached hydrogen (secondary N) is 2. The number of sulfonamides is 1. The van der Waals surface area contributed by atoms with Gasteiger partial charge in [-0.15, -0.1) is 0 Å². The number of ether oxygens (including phenoxy) is 1. The molecule has 0 saturated carbocycles. The van der Waals surface area contributed by atoms with Crippen molar-refractivity contribution < 1.29 is 27.5 Å². The molecule has 31 heavy (non-hydrogen) atoms. The van der Waals surface area contributed by atoms with E-state index in [4.69, 9.17) is 16.3 Å². The van der Waals surface area contributed by atoms with Crippen LogP contribution >= 0.6 is 11.6 Å². The second kappa shape index (κ2) is 9.11. The molecular weight excluding hydrogens is 448 g/mol. The van der Waals surface area contributed by atoms with E-state index in [0.717, 1.165) is 4.90 Å². The Hall–Kier alpha value is -2.21. The van der Waals surface area contributed by atoms with Crippen LogP contribution in [0.1, 0.15) is 26.7 Å². The van der Waals surface area contributed by atoms with Crippen molar-refractivity contribution in [3.8, 4) is 0 Å². The first kappa shape index (κ1) is 23.5. The van der Waals surface area contributed by atoms with Crippen LogP contribution in [0, 0.1) is 0 Å². The SMILES string of the molecule is CCC1(CC)NC(=O)N(CC(=O)Nc2ccc(Cl)c(S(=O)(=O)N3CCOCC3)c2)C1=O. The molecule has 2 heterocycles. The van der Waals surface area contributed by atoms with E-state index in [1.807, 2.05) is 0 Å². The molecule has 4 amide bonds. The number of carbonyl (C=O) groups excluding carboxylic acids is 3. The molecular formula is C19H25ClN4O6S. The standard InChI is InChI=1S/C19H25ClN4O6S/c1-3-19(4-2)17(26)24(18(27)22-19)12-16(25)21-13-5-6-14(20)15(11-13)31(28,29)23-7-9-30-10-8-23/h5-6,11H,3-4,7-10,12H2,1-2H3,(H,21,25)(H,22,27). The molecule has 0 aromatic heterocycles. The predicted molar refractivity (Wildman–Crippen MR) is 113 cm³/mol. The van der Waals surface area contributed by atoms with E-state index in [9.17, 15) is 22.8 Å². The van der Waals surface area contributed by atoms with Crippen LogP contribution in [0.3, 0.4) is 0 Å². The van der Waals surface area contributed by atoms with Crippen LogP contribution in [0.5, 0.6) is 0 Å². The molecule has 12 heteroatoms. The Bertz CT molecular complexity index is 989. The third-order valence-electron chi connectivity index (χ3n) is 5.56. The fourth-order valence-electron chi connectivity index (χ4n) is 3.60. The van der Waals surface area contributed by atoms with E-state index < -0.39 is 40.0 Å². The van der Waals surface area contributed by atoms with E-state index in [2.05, 4.69) is 10.6 Å². The molecule has 2 saturated heterocycles. The monoisotopic (exact) mass is 472 g/mol. The summed E-state index contributed by atoms with van der Waals surface area (Å²) in [5.41, 5.74) is -0.817. The van der Waals surface area contributed by atoms with Crippen molar-refractivity contribution in [1.29, 1.82) is 0 Å². The number of imide groups is 1. The Morgan fingerprint density at radius 3 is 2.45 bits per heavy atom. The van der Waals surface area contributed by atoms with Crippen molar-refractivity contribution in [1.82, 2.24) is 14.5 Å². The number of rotatable bonds is 7. The fraction of sp³-hybridized carbons (Fsp3) is 0.526. The smallest absolute Gasteiger partial charge is 0.325 e. The van der Waals surface area contributed by atoms with Gasteiger partial charge in [0.1, 0.15) is 17.0 Å². The summed E-state index contributed by atoms with van der Waals surface area (Å²) in [6, 6.07) is 3.46. The quantitative estimate of drug-likeness (QED) is 0.578. The largest absolute Gasteiger partial charge is 0.379 e. The van der Waals surface area contributed by atoms with Gasteiger partial charge >= 0.3 is 6.03 Å². The zero-order chi connectivity index (χ0) is 22.8. The summed E-state index contributed by atoms with van der Waals surface area (Å²) in [6.07, 6.45) is 0.818. The molecule has 2 aliphatic heterocycles. The van der Waals surface area contributed by atoms with E-state index in [0.29, 0.717) is 12.8 Å². The molecule has 1 aromatic carbocycles. The average molecular weight is 473 g/mol. The second-order valence-electron chi connectivity index (χ2n) is 7.32. The lowest BCUT2D eigenvalue weighted by atomic mass is 9.93. The Morgan fingerprint density at radius 1 is 1.23 bits per heavy atom. The number of hydrogen-bond donors (Lipinski definition) is 2. The minimum absolute atomic E-state index is 0.0225. The molecule has 3 rings (SSSR count). The van der Waals surface area contributed by atoms with Gasteiger partial charge in [-0.25, -0.2) is 13.2 Å². The third kappa shape index (κ3) is 4.54. The van der Waals surface area contributed by atoms with Gasteiger partial charge in [0.25, 0.3) is 5.91 Å². The molecule has 0 unspecified atom stereocenters. The minimum atomic E-state index is -3.87. The van der Waals surface area contributed by atoms with Gasteiger partial charge < -0.3 is 15.4 Å². The number of carbonyl (C=O) groups is 3. The summed E-state index contributed by atoms with van der Waals surface area (Å²) in [5, 5.41) is 5.21. The molecule has 10 nitrogen and oxygen atoms in total. The summed E-state index contributed by atoms with van der Waals surface area (Å²) < 4.78 is 32.3. The second-order valence-corrected chi connectivity index (χ2v) is 9.63. The van der Waals surface area contributed by atoms with Crippen molar-refractivity contribution in [2.75, 3.05) is 38.2 Å². The fourth-order valence-corrected chi connectivity index (χ4v) is 5.51. The van der Waals surface area contributed by atoms with Crippen LogP contribution in [0.2, 0.25) is 5.02 Å². The molecule has 2 N–H and O–H groups in total. The molecule has 0 aliphatic carbocycles. The summed E-state index contributed by atoms with van der Waals surface area (Å²) in [7, 11) is -3.87. The van der Waals surface area contributed by atoms with Crippen molar-refractivity contribution in [2.24, 2.45) is 0 Å². The van der Waals surface area contributed by atoms with Crippen LogP contribution in [-0.4, -0.2) is 73.9 Å². The Kier molecular flexibility index (Phi) is 6.89. The molecule has 170 valence electrons. The summed E-state index contributed by atoms with van der Waals surface area (Å²) in [5.74, 6) is -1.09. The normalized spacial score (nSPS) is 19.4. The van der Waals surface area contributed by atoms with Crippen molar-refractivity contribution >= 4 is 45.2 Å². The van der Waals surface area contributed by atoms with Crippen LogP contribution in [0.4, 0.5) is 10.5 Å². The van der Waals surface area contributed by atoms with Gasteiger partial charge in [0.05, 0.1) is 18.2 Å². The number of amides is 4. The Balaban J connectivity index is 1.75. The highest BCUT2D eigenvalue weighted by atomic mass is 35.5. The Labute approximate surface area is 185 Å². The lowest BCUT2D eigenvalue weighted by molar-refractivity contribution is -0.134. The van der Waals surface area contributed by atoms with Crippen LogP contribution < -0.4 is 10.6 Å². The Morgan fingerprint density at radius 2 is 1.87 bits per heavy atom. The molecule has 0 bridgehead atoms. The van der Waals surface area contributed by atoms with Crippen LogP contribution in [0.15, 0.2) is 23.1 Å². The zero-order valence-electron chi connectivity index (χ0n) is 17.3. The number of morpholine rings is 1. The van der Waals surface area contributed by atoms with Crippen molar-refractivity contribution in [3.63, 3.8) is 0 Å². The van der Waals surface area contributed by atoms with Gasteiger partial charge in [0, 0.05) is 18.8 Å². The van der Waals surface area contributed by atoms with E-state index in [1.165, 1.54) is 22.5 Å². The lowest BCUT2D eigenvalue weighted by Crippen LogP contribution is -2.46. The molecule has 1 aromatic rings. The molecule has 0 spiro atoms. The molecule has 0 atom stereocenters. The van der Waals surface area contributed by atoms with Crippen molar-refractivity contribution in [2.45, 2.75) is 37.1 Å². The van der Waals surface area contributed by atoms with Gasteiger partial charge in [-0.1, -0.05) is 25.4 Å². The van der Waals surface area contributed by atoms with Crippen molar-refractivity contribution in [3.05, 3.63) is 23.2 Å². The lowest BCUT2D eigenvalue weighted by Gasteiger charge is -2.26. The van der Waals surface area contributed by atoms with Crippen LogP contribution in [-0.2, 0) is 24.3 Å². The number of anilines is 1. The number of benzene rings is 1. The van der Waals surface area contributed by atoms with Gasteiger partial charge in [-0.05, 0) is 31.0 Å². The van der Waals surface area contributed by atoms with E-state index in [1.54, 1.807) is 13.8 Å². The summed E-state index contributed by atoms with van der Waals surface area (Å²) >= 11 is 6.12. The summed E-state index contributed by atoms with van der Waals surface area (Å²) in [4.78, 5) is 38.1. The highest BCUT2D eigenvalue weighted by Crippen LogP contribution is 2.29. The molecule has 2 aliphatic rings. The highest BCUT2D eigenvalue weighted by molar-refractivity contribution is 7.89. The first-order valence-electron chi connectivity index (χ1n) is 9.96. The predicted octanol–water partition coefficient (Wildman–Crippen LogP) is 1.41. The number of halogens is 1. The van der Waals surface area contributed by atoms with Gasteiger partial charge in [-0.3, -0.25) is 14.5 Å². The van der Waals surface area contributed by atoms with Gasteiger partial charge in [0.15, 0.2) is 0 Å². The highest BCUT2D eigenvalue weighted by Gasteiger charge is 2.49. The van der Waals surface area contributed by atoms with Crippen LogP contribution in [0.25, 0.3) is 0 Å². The first-order valence-corrected chi connectivity index (χ1v) is 11.8. The first-order chi connectivity index (χ1) is 14.6. The minimum Gasteiger partial charge on any atom is -0.379 e. The molecule has 0 radical (unpaired) electrons. The maximum absolute atomic E-state index is 12.9. The van der Waals surface area contributed by atoms with Gasteiger partial charge in [-0.2, -0.15) is 4.31 Å². The maximum Gasteiger partial charge on any atom is 0.325 e. The van der Waals surface area contributed by atoms with Gasteiger partial charge in [0.2, 0.25) is 15.9 Å². The number of hydrogen-bond acceptors (Lipinski definition) is 6. The third-order valence-corrected chi connectivity index (χ3v) is 7.94. The maximum atomic E-state index is 12.9. The van der Waals surface area contributed by atoms with E-state index >= 15 is 0 Å². The summed E-state index contributed by atoms with van der Waals surface area (Å²) in [6.45, 7) is 4.08. The van der Waals surface area contributed by atoms with E-state index in [-0.39, 0.29) is 41.9 Å². The molecule has 2 fully saturated rings. The number of nitrogens with zero attached hydrogens (tertiary/aromatic N) is 2. The zero-order valence-corrected chi connectivity index (χ0v) is 18.9. The topological polar surface area (TPSA) is 125 Å². The average Bonchev–Trinajstić information content (AvgIpc) is 3.00.